The monoisotopic (exact) mass is 428 g/mol. The lowest BCUT2D eigenvalue weighted by Crippen LogP contribution is -2.55. The van der Waals surface area contributed by atoms with Crippen molar-refractivity contribution < 1.29 is 14.9 Å². The average Bonchev–Trinajstić information content (AvgIpc) is 3.34. The number of rotatable bonds is 5. The van der Waals surface area contributed by atoms with Crippen LogP contribution in [0.4, 0.5) is 0 Å². The molecule has 5 rings (SSSR count). The molecule has 1 saturated heterocycles. The molecule has 3 heteroatoms. The number of allylic oxidation sites excluding steroid dienone is 1. The molecule has 0 amide bonds. The molecule has 0 aromatic heterocycles. The van der Waals surface area contributed by atoms with Gasteiger partial charge in [-0.1, -0.05) is 52.3 Å². The van der Waals surface area contributed by atoms with Gasteiger partial charge >= 0.3 is 0 Å². The number of aliphatic hydroxyl groups is 2. The van der Waals surface area contributed by atoms with E-state index < -0.39 is 6.10 Å². The van der Waals surface area contributed by atoms with Crippen molar-refractivity contribution >= 4 is 0 Å². The molecule has 1 spiro atoms. The molecule has 2 N–H and O–H groups in total. The van der Waals surface area contributed by atoms with Gasteiger partial charge in [0, 0.05) is 11.8 Å². The second-order valence-corrected chi connectivity index (χ2v) is 12.6. The highest BCUT2D eigenvalue weighted by molar-refractivity contribution is 5.45. The fraction of sp³-hybridized carbons (Fsp3) is 0.857. The van der Waals surface area contributed by atoms with Gasteiger partial charge in [-0.05, 0) is 86.0 Å². The number of aliphatic hydroxyl groups excluding tert-OH is 2. The summed E-state index contributed by atoms with van der Waals surface area (Å²) in [5, 5.41) is 21.9. The lowest BCUT2D eigenvalue weighted by molar-refractivity contribution is -0.00152. The minimum absolute atomic E-state index is 0.00545. The number of ether oxygens (including phenoxy) is 1. The topological polar surface area (TPSA) is 53.0 Å². The molecule has 0 radical (unpaired) electrons. The Kier molecular flexibility index (Phi) is 5.13. The van der Waals surface area contributed by atoms with Crippen molar-refractivity contribution in [2.75, 3.05) is 0 Å². The van der Waals surface area contributed by atoms with Crippen LogP contribution in [0.1, 0.15) is 92.4 Å². The maximum atomic E-state index is 11.5. The van der Waals surface area contributed by atoms with E-state index in [0.717, 1.165) is 31.6 Å². The van der Waals surface area contributed by atoms with Crippen LogP contribution in [-0.4, -0.2) is 34.1 Å². The molecule has 0 aromatic rings. The van der Waals surface area contributed by atoms with Gasteiger partial charge in [0.15, 0.2) is 0 Å². The van der Waals surface area contributed by atoms with E-state index >= 15 is 0 Å². The first-order valence-electron chi connectivity index (χ1n) is 13.0. The van der Waals surface area contributed by atoms with E-state index in [1.165, 1.54) is 42.4 Å². The van der Waals surface area contributed by atoms with Gasteiger partial charge in [0.1, 0.15) is 17.8 Å². The minimum Gasteiger partial charge on any atom is -0.393 e. The molecular weight excluding hydrogens is 384 g/mol. The largest absolute Gasteiger partial charge is 0.393 e. The summed E-state index contributed by atoms with van der Waals surface area (Å²) >= 11 is 0. The second-order valence-electron chi connectivity index (χ2n) is 12.6. The normalized spacial score (nSPS) is 49.2. The number of epoxide rings is 1. The predicted molar refractivity (Wildman–Crippen MR) is 125 cm³/mol. The molecule has 174 valence electrons. The van der Waals surface area contributed by atoms with Crippen molar-refractivity contribution in [2.24, 2.45) is 34.5 Å². The van der Waals surface area contributed by atoms with Gasteiger partial charge in [-0.2, -0.15) is 0 Å². The molecule has 1 aliphatic heterocycles. The Hall–Kier alpha value is -0.640. The minimum atomic E-state index is -0.465. The van der Waals surface area contributed by atoms with Gasteiger partial charge in [0.05, 0.1) is 6.10 Å². The zero-order chi connectivity index (χ0) is 22.3. The molecule has 9 atom stereocenters. The fourth-order valence-corrected chi connectivity index (χ4v) is 8.73. The van der Waals surface area contributed by atoms with Crippen LogP contribution in [0, 0.1) is 34.5 Å². The van der Waals surface area contributed by atoms with Crippen LogP contribution < -0.4 is 0 Å². The molecular formula is C28H44O3. The maximum absolute atomic E-state index is 11.5. The third kappa shape index (κ3) is 2.95. The Balaban J connectivity index is 1.42. The lowest BCUT2D eigenvalue weighted by Gasteiger charge is -2.54. The van der Waals surface area contributed by atoms with Gasteiger partial charge in [0.2, 0.25) is 0 Å². The Morgan fingerprint density at radius 1 is 1.13 bits per heavy atom. The highest BCUT2D eigenvalue weighted by Crippen LogP contribution is 2.72. The van der Waals surface area contributed by atoms with Crippen molar-refractivity contribution in [2.45, 2.75) is 116 Å². The van der Waals surface area contributed by atoms with Gasteiger partial charge in [-0.25, -0.2) is 0 Å². The van der Waals surface area contributed by atoms with Gasteiger partial charge in [-0.15, -0.1) is 0 Å². The SMILES string of the molecule is C=C(CC[C@@H](C)C1CCC2C3=C(CCC21C)C1(C)CC[C@H](O)C[C@@]12O[C@H]2[C@H]3O)C(C)C. The number of hydrogen-bond donors (Lipinski definition) is 2. The number of hydrogen-bond acceptors (Lipinski definition) is 3. The molecule has 4 unspecified atom stereocenters. The van der Waals surface area contributed by atoms with Crippen LogP contribution in [0.2, 0.25) is 0 Å². The third-order valence-corrected chi connectivity index (χ3v) is 10.9. The summed E-state index contributed by atoms with van der Waals surface area (Å²) in [5.74, 6) is 2.50. The fourth-order valence-electron chi connectivity index (χ4n) is 8.73. The first kappa shape index (κ1) is 22.2. The molecule has 1 heterocycles. The zero-order valence-electron chi connectivity index (χ0n) is 20.4. The van der Waals surface area contributed by atoms with E-state index in [4.69, 9.17) is 4.74 Å². The van der Waals surface area contributed by atoms with Crippen LogP contribution in [-0.2, 0) is 4.74 Å². The standard InChI is InChI=1S/C28H44O3/c1-16(2)17(3)7-8-18(4)20-9-10-21-23-22(12-13-26(20,21)5)27(6)14-11-19(29)15-28(27)25(31-28)24(23)30/h16,18-21,24-25,29-30H,3,7-15H2,1-2,4-6H3/t18-,19+,20?,21?,24+,25+,26?,27?,28+/m1/s1. The summed E-state index contributed by atoms with van der Waals surface area (Å²) < 4.78 is 6.33. The predicted octanol–water partition coefficient (Wildman–Crippen LogP) is 5.80. The molecule has 0 bridgehead atoms. The first-order valence-corrected chi connectivity index (χ1v) is 13.0. The highest BCUT2D eigenvalue weighted by atomic mass is 16.6. The second kappa shape index (κ2) is 7.18. The smallest absolute Gasteiger partial charge is 0.118 e. The lowest BCUT2D eigenvalue weighted by atomic mass is 9.49. The number of fused-ring (bicyclic) bond motifs is 3. The van der Waals surface area contributed by atoms with Crippen LogP contribution >= 0.6 is 0 Å². The average molecular weight is 429 g/mol. The Morgan fingerprint density at radius 2 is 1.87 bits per heavy atom. The molecule has 5 aliphatic rings. The molecule has 0 aromatic carbocycles. The summed E-state index contributed by atoms with van der Waals surface area (Å²) in [7, 11) is 0. The van der Waals surface area contributed by atoms with E-state index in [-0.39, 0.29) is 28.6 Å². The summed E-state index contributed by atoms with van der Waals surface area (Å²) in [6.07, 6.45) is 8.94. The summed E-state index contributed by atoms with van der Waals surface area (Å²) in [6.45, 7) is 16.2. The van der Waals surface area contributed by atoms with Crippen LogP contribution in [0.15, 0.2) is 23.3 Å². The van der Waals surface area contributed by atoms with Crippen molar-refractivity contribution in [3.05, 3.63) is 23.3 Å². The van der Waals surface area contributed by atoms with Gasteiger partial charge in [0.25, 0.3) is 0 Å². The van der Waals surface area contributed by atoms with Crippen molar-refractivity contribution in [3.63, 3.8) is 0 Å². The van der Waals surface area contributed by atoms with Gasteiger partial charge < -0.3 is 14.9 Å². The molecule has 4 aliphatic carbocycles. The van der Waals surface area contributed by atoms with Crippen molar-refractivity contribution in [1.29, 1.82) is 0 Å². The first-order chi connectivity index (χ1) is 14.5. The Labute approximate surface area is 189 Å². The van der Waals surface area contributed by atoms with E-state index in [0.29, 0.717) is 24.2 Å². The molecule has 3 nitrogen and oxygen atoms in total. The van der Waals surface area contributed by atoms with E-state index in [1.54, 1.807) is 0 Å². The van der Waals surface area contributed by atoms with Gasteiger partial charge in [-0.3, -0.25) is 0 Å². The Bertz CT molecular complexity index is 798. The van der Waals surface area contributed by atoms with Crippen molar-refractivity contribution in [3.8, 4) is 0 Å². The summed E-state index contributed by atoms with van der Waals surface area (Å²) in [6, 6.07) is 0. The summed E-state index contributed by atoms with van der Waals surface area (Å²) in [5.41, 5.74) is 4.26. The van der Waals surface area contributed by atoms with Crippen LogP contribution in [0.25, 0.3) is 0 Å². The molecule has 31 heavy (non-hydrogen) atoms. The zero-order valence-corrected chi connectivity index (χ0v) is 20.4. The van der Waals surface area contributed by atoms with E-state index in [2.05, 4.69) is 41.2 Å². The Morgan fingerprint density at radius 3 is 2.58 bits per heavy atom. The maximum Gasteiger partial charge on any atom is 0.118 e. The van der Waals surface area contributed by atoms with E-state index in [1.807, 2.05) is 0 Å². The molecule has 3 fully saturated rings. The summed E-state index contributed by atoms with van der Waals surface area (Å²) in [4.78, 5) is 0. The highest BCUT2D eigenvalue weighted by Gasteiger charge is 2.76. The van der Waals surface area contributed by atoms with Crippen LogP contribution in [0.5, 0.6) is 0 Å². The van der Waals surface area contributed by atoms with E-state index in [9.17, 15) is 10.2 Å². The third-order valence-electron chi connectivity index (χ3n) is 10.9. The van der Waals surface area contributed by atoms with Crippen molar-refractivity contribution in [1.82, 2.24) is 0 Å². The van der Waals surface area contributed by atoms with Crippen LogP contribution in [0.3, 0.4) is 0 Å². The molecule has 2 saturated carbocycles. The quantitative estimate of drug-likeness (QED) is 0.430.